The number of carbonyl (C=O) groups is 1. The first-order chi connectivity index (χ1) is 14.2. The molecule has 0 saturated heterocycles. The summed E-state index contributed by atoms with van der Waals surface area (Å²) >= 11 is 0. The van der Waals surface area contributed by atoms with Crippen LogP contribution in [0, 0.1) is 12.7 Å². The molecule has 0 spiro atoms. The van der Waals surface area contributed by atoms with Crippen LogP contribution in [0.2, 0.25) is 0 Å². The number of aromatic carboxylic acids is 1. The Hall–Kier alpha value is -3.72. The Morgan fingerprint density at radius 3 is 2.20 bits per heavy atom. The normalized spacial score (nSPS) is 11.7. The summed E-state index contributed by atoms with van der Waals surface area (Å²) in [6.45, 7) is 1.73. The molecule has 0 unspecified atom stereocenters. The second-order valence-corrected chi connectivity index (χ2v) is 8.42. The Morgan fingerprint density at radius 1 is 0.967 bits per heavy atom. The van der Waals surface area contributed by atoms with Crippen LogP contribution in [0.5, 0.6) is 0 Å². The van der Waals surface area contributed by atoms with Crippen LogP contribution < -0.4 is 5.69 Å². The highest BCUT2D eigenvalue weighted by Crippen LogP contribution is 2.25. The molecule has 3 aromatic carbocycles. The molecular formula is C21H15FN2O5S. The topological polar surface area (TPSA) is 98.4 Å². The molecule has 0 aliphatic rings. The van der Waals surface area contributed by atoms with Gasteiger partial charge in [0.2, 0.25) is 0 Å². The van der Waals surface area contributed by atoms with Crippen LogP contribution in [0.4, 0.5) is 4.39 Å². The zero-order chi connectivity index (χ0) is 21.6. The zero-order valence-electron chi connectivity index (χ0n) is 15.6. The molecule has 4 aromatic rings. The standard InChI is InChI=1S/C21H15FN2O5S/c1-13-3-2-4-18-19(13)23(16-9-5-14(6-10-16)20(25)26)21(27)24(18)30(28,29)17-11-7-15(22)8-12-17/h2-12H,1H3,(H,25,26). The number of carboxylic acid groups (broad SMARTS) is 1. The minimum atomic E-state index is -4.32. The monoisotopic (exact) mass is 426 g/mol. The van der Waals surface area contributed by atoms with Crippen molar-refractivity contribution >= 4 is 27.0 Å². The van der Waals surface area contributed by atoms with Crippen molar-refractivity contribution in [3.8, 4) is 5.69 Å². The van der Waals surface area contributed by atoms with Crippen molar-refractivity contribution in [1.29, 1.82) is 0 Å². The molecule has 152 valence electrons. The van der Waals surface area contributed by atoms with E-state index in [1.54, 1.807) is 19.1 Å². The predicted octanol–water partition coefficient (Wildman–Crippen LogP) is 3.17. The Bertz CT molecular complexity index is 1450. The molecular weight excluding hydrogens is 411 g/mol. The maximum absolute atomic E-state index is 13.3. The lowest BCUT2D eigenvalue weighted by molar-refractivity contribution is 0.0697. The van der Waals surface area contributed by atoms with Crippen molar-refractivity contribution < 1.29 is 22.7 Å². The molecule has 0 bridgehead atoms. The predicted molar refractivity (Wildman–Crippen MR) is 108 cm³/mol. The van der Waals surface area contributed by atoms with E-state index in [-0.39, 0.29) is 16.0 Å². The van der Waals surface area contributed by atoms with E-state index < -0.39 is 27.5 Å². The lowest BCUT2D eigenvalue weighted by Crippen LogP contribution is -2.29. The van der Waals surface area contributed by atoms with Crippen LogP contribution in [0.1, 0.15) is 15.9 Å². The lowest BCUT2D eigenvalue weighted by atomic mass is 10.2. The van der Waals surface area contributed by atoms with E-state index in [1.165, 1.54) is 34.9 Å². The van der Waals surface area contributed by atoms with Gasteiger partial charge in [0.25, 0.3) is 10.0 Å². The smallest absolute Gasteiger partial charge is 0.347 e. The van der Waals surface area contributed by atoms with Crippen molar-refractivity contribution in [3.05, 3.63) is 94.2 Å². The number of aryl methyl sites for hydroxylation is 1. The molecule has 1 N–H and O–H groups in total. The van der Waals surface area contributed by atoms with Crippen LogP contribution in [0.3, 0.4) is 0 Å². The van der Waals surface area contributed by atoms with Gasteiger partial charge in [0.15, 0.2) is 0 Å². The first-order valence-electron chi connectivity index (χ1n) is 8.80. The van der Waals surface area contributed by atoms with Gasteiger partial charge in [0, 0.05) is 0 Å². The van der Waals surface area contributed by atoms with Gasteiger partial charge in [-0.05, 0) is 67.1 Å². The van der Waals surface area contributed by atoms with Crippen molar-refractivity contribution in [3.63, 3.8) is 0 Å². The van der Waals surface area contributed by atoms with Gasteiger partial charge in [-0.15, -0.1) is 0 Å². The second-order valence-electron chi connectivity index (χ2n) is 6.64. The van der Waals surface area contributed by atoms with E-state index in [2.05, 4.69) is 0 Å². The number of carboxylic acids is 1. The fraction of sp³-hybridized carbons (Fsp3) is 0.0476. The summed E-state index contributed by atoms with van der Waals surface area (Å²) in [6.07, 6.45) is 0. The molecule has 0 radical (unpaired) electrons. The number of aromatic nitrogens is 2. The van der Waals surface area contributed by atoms with Gasteiger partial charge in [-0.2, -0.15) is 3.97 Å². The third-order valence-electron chi connectivity index (χ3n) is 4.75. The van der Waals surface area contributed by atoms with E-state index in [0.717, 1.165) is 24.3 Å². The van der Waals surface area contributed by atoms with Gasteiger partial charge >= 0.3 is 11.7 Å². The molecule has 0 fully saturated rings. The van der Waals surface area contributed by atoms with Crippen LogP contribution >= 0.6 is 0 Å². The van der Waals surface area contributed by atoms with Crippen molar-refractivity contribution in [2.24, 2.45) is 0 Å². The average Bonchev–Trinajstić information content (AvgIpc) is 3.02. The SMILES string of the molecule is Cc1cccc2c1n(-c1ccc(C(=O)O)cc1)c(=O)n2S(=O)(=O)c1ccc(F)cc1. The Morgan fingerprint density at radius 2 is 1.60 bits per heavy atom. The number of hydrogen-bond donors (Lipinski definition) is 1. The summed E-state index contributed by atoms with van der Waals surface area (Å²) in [5, 5.41) is 9.09. The van der Waals surface area contributed by atoms with E-state index in [4.69, 9.17) is 5.11 Å². The van der Waals surface area contributed by atoms with E-state index in [9.17, 15) is 22.4 Å². The molecule has 30 heavy (non-hydrogen) atoms. The van der Waals surface area contributed by atoms with E-state index in [0.29, 0.717) is 20.7 Å². The van der Waals surface area contributed by atoms with Gasteiger partial charge in [0.05, 0.1) is 27.2 Å². The number of fused-ring (bicyclic) bond motifs is 1. The quantitative estimate of drug-likeness (QED) is 0.541. The third-order valence-corrected chi connectivity index (χ3v) is 6.45. The van der Waals surface area contributed by atoms with E-state index in [1.807, 2.05) is 0 Å². The molecule has 0 amide bonds. The number of rotatable bonds is 4. The zero-order valence-corrected chi connectivity index (χ0v) is 16.4. The van der Waals surface area contributed by atoms with Crippen molar-refractivity contribution in [2.45, 2.75) is 11.8 Å². The number of benzene rings is 3. The molecule has 7 nitrogen and oxygen atoms in total. The second kappa shape index (κ2) is 6.96. The molecule has 9 heteroatoms. The number of halogens is 1. The molecule has 0 aliphatic carbocycles. The lowest BCUT2D eigenvalue weighted by Gasteiger charge is -2.06. The highest BCUT2D eigenvalue weighted by atomic mass is 32.2. The first-order valence-corrected chi connectivity index (χ1v) is 10.2. The molecule has 0 saturated carbocycles. The van der Waals surface area contributed by atoms with Gasteiger partial charge in [0.1, 0.15) is 5.82 Å². The average molecular weight is 426 g/mol. The Kier molecular flexibility index (Phi) is 4.54. The fourth-order valence-electron chi connectivity index (χ4n) is 3.32. The van der Waals surface area contributed by atoms with Crippen molar-refractivity contribution in [1.82, 2.24) is 8.54 Å². The molecule has 4 rings (SSSR count). The maximum atomic E-state index is 13.3. The molecule has 1 heterocycles. The maximum Gasteiger partial charge on any atom is 0.347 e. The first kappa shape index (κ1) is 19.6. The van der Waals surface area contributed by atoms with E-state index >= 15 is 0 Å². The summed E-state index contributed by atoms with van der Waals surface area (Å²) < 4.78 is 41.6. The number of nitrogens with zero attached hydrogens (tertiary/aromatic N) is 2. The number of imidazole rings is 1. The van der Waals surface area contributed by atoms with Gasteiger partial charge in [-0.3, -0.25) is 4.57 Å². The van der Waals surface area contributed by atoms with Crippen LogP contribution in [0.15, 0.2) is 76.4 Å². The largest absolute Gasteiger partial charge is 0.478 e. The Balaban J connectivity index is 2.05. The summed E-state index contributed by atoms with van der Waals surface area (Å²) in [6, 6.07) is 14.6. The molecule has 0 aliphatic heterocycles. The van der Waals surface area contributed by atoms with Gasteiger partial charge < -0.3 is 5.11 Å². The Labute approximate surface area is 170 Å². The third kappa shape index (κ3) is 3.00. The fourth-order valence-corrected chi connectivity index (χ4v) is 4.71. The van der Waals surface area contributed by atoms with Crippen LogP contribution in [0.25, 0.3) is 16.7 Å². The van der Waals surface area contributed by atoms with Crippen molar-refractivity contribution in [2.75, 3.05) is 0 Å². The minimum absolute atomic E-state index is 0.0335. The van der Waals surface area contributed by atoms with Gasteiger partial charge in [-0.25, -0.2) is 22.4 Å². The summed E-state index contributed by atoms with van der Waals surface area (Å²) in [5.74, 6) is -1.72. The number of hydrogen-bond acceptors (Lipinski definition) is 4. The minimum Gasteiger partial charge on any atom is -0.478 e. The number of para-hydroxylation sites is 1. The summed E-state index contributed by atoms with van der Waals surface area (Å²) in [7, 11) is -4.32. The van der Waals surface area contributed by atoms with Gasteiger partial charge in [-0.1, -0.05) is 12.1 Å². The molecule has 1 aromatic heterocycles. The highest BCUT2D eigenvalue weighted by Gasteiger charge is 2.26. The van der Waals surface area contributed by atoms with Crippen LogP contribution in [-0.4, -0.2) is 28.0 Å². The summed E-state index contributed by atoms with van der Waals surface area (Å²) in [4.78, 5) is 24.2. The van der Waals surface area contributed by atoms with Crippen LogP contribution in [-0.2, 0) is 10.0 Å². The highest BCUT2D eigenvalue weighted by molar-refractivity contribution is 7.90. The summed E-state index contributed by atoms with van der Waals surface area (Å²) in [5.41, 5.74) is 0.693. The molecule has 0 atom stereocenters.